The van der Waals surface area contributed by atoms with Gasteiger partial charge in [-0.1, -0.05) is 30.3 Å². The molecule has 7 heteroatoms. The Morgan fingerprint density at radius 1 is 1.04 bits per heavy atom. The molecule has 0 bridgehead atoms. The van der Waals surface area contributed by atoms with Gasteiger partial charge in [-0.25, -0.2) is 13.2 Å². The summed E-state index contributed by atoms with van der Waals surface area (Å²) < 4.78 is 27.9. The Bertz CT molecular complexity index is 876. The summed E-state index contributed by atoms with van der Waals surface area (Å²) in [5, 5.41) is 0. The van der Waals surface area contributed by atoms with Crippen molar-refractivity contribution in [2.75, 3.05) is 19.9 Å². The van der Waals surface area contributed by atoms with Crippen LogP contribution in [0.1, 0.15) is 28.9 Å². The minimum Gasteiger partial charge on any atom is -0.452 e. The van der Waals surface area contributed by atoms with Crippen LogP contribution in [0.25, 0.3) is 0 Å². The van der Waals surface area contributed by atoms with E-state index in [9.17, 15) is 18.0 Å². The Balaban J connectivity index is 1.95. The summed E-state index contributed by atoms with van der Waals surface area (Å²) in [6.07, 6.45) is 1.09. The van der Waals surface area contributed by atoms with Crippen LogP contribution in [0.3, 0.4) is 0 Å². The van der Waals surface area contributed by atoms with Crippen molar-refractivity contribution < 1.29 is 22.7 Å². The third kappa shape index (κ3) is 4.92. The lowest BCUT2D eigenvalue weighted by molar-refractivity contribution is -0.135. The second kappa shape index (κ2) is 8.14. The average Bonchev–Trinajstić information content (AvgIpc) is 2.64. The van der Waals surface area contributed by atoms with E-state index in [0.29, 0.717) is 0 Å². The van der Waals surface area contributed by atoms with Gasteiger partial charge in [-0.3, -0.25) is 4.79 Å². The first-order valence-corrected chi connectivity index (χ1v) is 9.87. The molecular weight excluding hydrogens is 354 g/mol. The molecule has 0 spiro atoms. The largest absolute Gasteiger partial charge is 0.452 e. The average molecular weight is 375 g/mol. The first-order chi connectivity index (χ1) is 12.2. The quantitative estimate of drug-likeness (QED) is 0.725. The van der Waals surface area contributed by atoms with Crippen LogP contribution in [0, 0.1) is 0 Å². The zero-order chi connectivity index (χ0) is 19.3. The molecule has 0 aliphatic carbocycles. The maximum absolute atomic E-state index is 12.2. The fraction of sp³-hybridized carbons (Fsp3) is 0.263. The molecule has 2 aromatic rings. The maximum Gasteiger partial charge on any atom is 0.338 e. The molecule has 2 rings (SSSR count). The zero-order valence-corrected chi connectivity index (χ0v) is 15.7. The van der Waals surface area contributed by atoms with Crippen LogP contribution in [-0.4, -0.2) is 45.1 Å². The summed E-state index contributed by atoms with van der Waals surface area (Å²) in [5.74, 6) is -1.01. The lowest BCUT2D eigenvalue weighted by Crippen LogP contribution is -2.33. The van der Waals surface area contributed by atoms with Gasteiger partial charge in [0, 0.05) is 13.3 Å². The molecular formula is C19H21NO5S. The first kappa shape index (κ1) is 19.7. The third-order valence-electron chi connectivity index (χ3n) is 4.10. The van der Waals surface area contributed by atoms with E-state index >= 15 is 0 Å². The topological polar surface area (TPSA) is 80.8 Å². The van der Waals surface area contributed by atoms with Crippen LogP contribution in [0.15, 0.2) is 59.5 Å². The molecule has 6 nitrogen and oxygen atoms in total. The summed E-state index contributed by atoms with van der Waals surface area (Å²) in [5.41, 5.74) is 1.16. The number of sulfone groups is 1. The van der Waals surface area contributed by atoms with Gasteiger partial charge in [-0.05, 0) is 36.8 Å². The Morgan fingerprint density at radius 2 is 1.62 bits per heavy atom. The van der Waals surface area contributed by atoms with Crippen LogP contribution < -0.4 is 0 Å². The van der Waals surface area contributed by atoms with Crippen LogP contribution in [-0.2, 0) is 19.4 Å². The Labute approximate surface area is 153 Å². The Kier molecular flexibility index (Phi) is 6.15. The molecule has 0 fully saturated rings. The second-order valence-electron chi connectivity index (χ2n) is 5.96. The second-order valence-corrected chi connectivity index (χ2v) is 7.98. The number of hydrogen-bond donors (Lipinski definition) is 0. The summed E-state index contributed by atoms with van der Waals surface area (Å²) in [7, 11) is -1.68. The molecule has 0 saturated carbocycles. The number of carbonyl (C=O) groups excluding carboxylic acids is 2. The standard InChI is InChI=1S/C19H21NO5S/c1-14(15-7-5-4-6-8-15)20(2)18(21)13-25-19(22)16-9-11-17(12-10-16)26(3,23)24/h4-12,14H,13H2,1-3H3/t14-/m0/s1. The lowest BCUT2D eigenvalue weighted by atomic mass is 10.1. The fourth-order valence-electron chi connectivity index (χ4n) is 2.32. The van der Waals surface area contributed by atoms with Gasteiger partial charge in [-0.2, -0.15) is 0 Å². The SMILES string of the molecule is C[C@@H](c1ccccc1)N(C)C(=O)COC(=O)c1ccc(S(C)(=O)=O)cc1. The van der Waals surface area contributed by atoms with E-state index in [4.69, 9.17) is 4.74 Å². The third-order valence-corrected chi connectivity index (χ3v) is 5.23. The van der Waals surface area contributed by atoms with E-state index in [1.807, 2.05) is 37.3 Å². The van der Waals surface area contributed by atoms with Crippen molar-refractivity contribution in [3.8, 4) is 0 Å². The van der Waals surface area contributed by atoms with Crippen molar-refractivity contribution >= 4 is 21.7 Å². The van der Waals surface area contributed by atoms with Gasteiger partial charge >= 0.3 is 5.97 Å². The van der Waals surface area contributed by atoms with E-state index in [1.165, 1.54) is 29.2 Å². The number of likely N-dealkylation sites (N-methyl/N-ethyl adjacent to an activating group) is 1. The molecule has 1 atom stereocenters. The summed E-state index contributed by atoms with van der Waals surface area (Å²) in [4.78, 5) is 25.9. The molecule has 138 valence electrons. The van der Waals surface area contributed by atoms with Crippen LogP contribution in [0.5, 0.6) is 0 Å². The van der Waals surface area contributed by atoms with Crippen LogP contribution in [0.2, 0.25) is 0 Å². The molecule has 0 saturated heterocycles. The van der Waals surface area contributed by atoms with Crippen molar-refractivity contribution in [2.24, 2.45) is 0 Å². The van der Waals surface area contributed by atoms with Crippen molar-refractivity contribution in [3.05, 3.63) is 65.7 Å². The fourth-order valence-corrected chi connectivity index (χ4v) is 2.95. The normalized spacial score (nSPS) is 12.3. The van der Waals surface area contributed by atoms with Gasteiger partial charge in [0.1, 0.15) is 0 Å². The van der Waals surface area contributed by atoms with Gasteiger partial charge in [0.15, 0.2) is 16.4 Å². The molecule has 0 aliphatic heterocycles. The maximum atomic E-state index is 12.2. The summed E-state index contributed by atoms with van der Waals surface area (Å²) >= 11 is 0. The molecule has 26 heavy (non-hydrogen) atoms. The van der Waals surface area contributed by atoms with Crippen molar-refractivity contribution in [1.82, 2.24) is 4.90 Å². The van der Waals surface area contributed by atoms with Gasteiger partial charge in [-0.15, -0.1) is 0 Å². The van der Waals surface area contributed by atoms with Crippen molar-refractivity contribution in [3.63, 3.8) is 0 Å². The van der Waals surface area contributed by atoms with E-state index in [1.54, 1.807) is 7.05 Å². The van der Waals surface area contributed by atoms with Gasteiger partial charge < -0.3 is 9.64 Å². The number of esters is 1. The molecule has 0 radical (unpaired) electrons. The molecule has 0 aromatic heterocycles. The van der Waals surface area contributed by atoms with Gasteiger partial charge in [0.05, 0.1) is 16.5 Å². The van der Waals surface area contributed by atoms with Crippen molar-refractivity contribution in [2.45, 2.75) is 17.9 Å². The molecule has 0 N–H and O–H groups in total. The zero-order valence-electron chi connectivity index (χ0n) is 14.9. The Morgan fingerprint density at radius 3 is 2.15 bits per heavy atom. The minimum atomic E-state index is -3.33. The van der Waals surface area contributed by atoms with E-state index in [-0.39, 0.29) is 29.0 Å². The Hall–Kier alpha value is -2.67. The van der Waals surface area contributed by atoms with Gasteiger partial charge in [0.25, 0.3) is 5.91 Å². The molecule has 0 unspecified atom stereocenters. The predicted octanol–water partition coefficient (Wildman–Crippen LogP) is 2.47. The highest BCUT2D eigenvalue weighted by molar-refractivity contribution is 7.90. The number of carbonyl (C=O) groups is 2. The summed E-state index contributed by atoms with van der Waals surface area (Å²) in [6.45, 7) is 1.50. The number of benzene rings is 2. The molecule has 2 aromatic carbocycles. The highest BCUT2D eigenvalue weighted by Gasteiger charge is 2.19. The number of nitrogens with zero attached hydrogens (tertiary/aromatic N) is 1. The summed E-state index contributed by atoms with van der Waals surface area (Å²) in [6, 6.07) is 14.8. The minimum absolute atomic E-state index is 0.113. The first-order valence-electron chi connectivity index (χ1n) is 7.98. The van der Waals surface area contributed by atoms with E-state index in [2.05, 4.69) is 0 Å². The number of rotatable bonds is 6. The van der Waals surface area contributed by atoms with Crippen LogP contribution >= 0.6 is 0 Å². The number of amides is 1. The number of hydrogen-bond acceptors (Lipinski definition) is 5. The lowest BCUT2D eigenvalue weighted by Gasteiger charge is -2.25. The van der Waals surface area contributed by atoms with E-state index in [0.717, 1.165) is 11.8 Å². The highest BCUT2D eigenvalue weighted by atomic mass is 32.2. The van der Waals surface area contributed by atoms with Crippen LogP contribution in [0.4, 0.5) is 0 Å². The smallest absolute Gasteiger partial charge is 0.338 e. The molecule has 1 amide bonds. The van der Waals surface area contributed by atoms with Gasteiger partial charge in [0.2, 0.25) is 0 Å². The monoisotopic (exact) mass is 375 g/mol. The highest BCUT2D eigenvalue weighted by Crippen LogP contribution is 2.18. The molecule has 0 aliphatic rings. The van der Waals surface area contributed by atoms with E-state index < -0.39 is 15.8 Å². The molecule has 0 heterocycles. The predicted molar refractivity (Wildman–Crippen MR) is 97.5 cm³/mol. The van der Waals surface area contributed by atoms with Crippen molar-refractivity contribution in [1.29, 1.82) is 0 Å². The number of ether oxygens (including phenoxy) is 1.